The topological polar surface area (TPSA) is 66.5 Å². The van der Waals surface area contributed by atoms with Crippen LogP contribution in [0.2, 0.25) is 10.0 Å². The van der Waals surface area contributed by atoms with Crippen LogP contribution in [-0.2, 0) is 9.59 Å². The van der Waals surface area contributed by atoms with Crippen LogP contribution in [0.5, 0.6) is 0 Å². The van der Waals surface area contributed by atoms with Gasteiger partial charge in [0.1, 0.15) is 0 Å². The Morgan fingerprint density at radius 3 is 2.38 bits per heavy atom. The summed E-state index contributed by atoms with van der Waals surface area (Å²) in [7, 11) is 0. The molecule has 0 aromatic heterocycles. The van der Waals surface area contributed by atoms with Crippen molar-refractivity contribution in [2.24, 2.45) is 5.92 Å². The van der Waals surface area contributed by atoms with Crippen LogP contribution < -0.4 is 10.2 Å². The number of nitrogens with zero attached hydrogens (tertiary/aromatic N) is 1. The molecule has 1 saturated heterocycles. The van der Waals surface area contributed by atoms with Gasteiger partial charge in [0, 0.05) is 29.9 Å². The van der Waals surface area contributed by atoms with Crippen molar-refractivity contribution in [3.05, 3.63) is 58.1 Å². The highest BCUT2D eigenvalue weighted by molar-refractivity contribution is 6.42. The summed E-state index contributed by atoms with van der Waals surface area (Å²) in [6, 6.07) is 11.6. The lowest BCUT2D eigenvalue weighted by Gasteiger charge is -2.17. The molecule has 2 aromatic carbocycles. The maximum atomic E-state index is 12.5. The van der Waals surface area contributed by atoms with E-state index in [2.05, 4.69) is 5.32 Å². The van der Waals surface area contributed by atoms with Crippen LogP contribution >= 0.6 is 23.2 Å². The Labute approximate surface area is 160 Å². The van der Waals surface area contributed by atoms with Crippen LogP contribution in [0.3, 0.4) is 0 Å². The highest BCUT2D eigenvalue weighted by Gasteiger charge is 2.35. The Balaban J connectivity index is 1.69. The molecule has 1 unspecified atom stereocenters. The van der Waals surface area contributed by atoms with E-state index >= 15 is 0 Å². The maximum Gasteiger partial charge on any atom is 0.229 e. The first-order chi connectivity index (χ1) is 12.3. The van der Waals surface area contributed by atoms with Crippen molar-refractivity contribution in [2.45, 2.75) is 13.3 Å². The molecular weight excluding hydrogens is 375 g/mol. The maximum absolute atomic E-state index is 12.5. The second-order valence-corrected chi connectivity index (χ2v) is 6.94. The lowest BCUT2D eigenvalue weighted by molar-refractivity contribution is -0.122. The summed E-state index contributed by atoms with van der Waals surface area (Å²) in [5.41, 5.74) is 1.78. The Morgan fingerprint density at radius 1 is 1.08 bits per heavy atom. The quantitative estimate of drug-likeness (QED) is 0.795. The molecular formula is C19H16Cl2N2O3. The summed E-state index contributed by atoms with van der Waals surface area (Å²) >= 11 is 11.8. The van der Waals surface area contributed by atoms with Gasteiger partial charge in [0.25, 0.3) is 0 Å². The minimum absolute atomic E-state index is 0.0387. The molecule has 1 heterocycles. The summed E-state index contributed by atoms with van der Waals surface area (Å²) in [6.07, 6.45) is 0.127. The first-order valence-electron chi connectivity index (χ1n) is 8.02. The Bertz CT molecular complexity index is 881. The molecule has 134 valence electrons. The fraction of sp³-hybridized carbons (Fsp3) is 0.211. The lowest BCUT2D eigenvalue weighted by atomic mass is 10.1. The van der Waals surface area contributed by atoms with E-state index in [1.54, 1.807) is 47.4 Å². The molecule has 1 aliphatic rings. The number of amides is 2. The van der Waals surface area contributed by atoms with Gasteiger partial charge in [0.05, 0.1) is 16.0 Å². The molecule has 1 aliphatic heterocycles. The fourth-order valence-electron chi connectivity index (χ4n) is 2.83. The highest BCUT2D eigenvalue weighted by atomic mass is 35.5. The SMILES string of the molecule is CC(=O)c1ccc(N2CC(C(=O)Nc3ccc(Cl)c(Cl)c3)CC2=O)cc1. The number of anilines is 2. The number of hydrogen-bond donors (Lipinski definition) is 1. The molecule has 26 heavy (non-hydrogen) atoms. The molecule has 1 N–H and O–H groups in total. The van der Waals surface area contributed by atoms with Crippen LogP contribution in [0.1, 0.15) is 23.7 Å². The zero-order valence-electron chi connectivity index (χ0n) is 14.0. The van der Waals surface area contributed by atoms with Crippen molar-refractivity contribution in [3.63, 3.8) is 0 Å². The lowest BCUT2D eigenvalue weighted by Crippen LogP contribution is -2.28. The first-order valence-corrected chi connectivity index (χ1v) is 8.78. The summed E-state index contributed by atoms with van der Waals surface area (Å²) < 4.78 is 0. The third-order valence-electron chi connectivity index (χ3n) is 4.27. The molecule has 0 radical (unpaired) electrons. The van der Waals surface area contributed by atoms with E-state index < -0.39 is 5.92 Å². The second kappa shape index (κ2) is 7.48. The van der Waals surface area contributed by atoms with E-state index in [9.17, 15) is 14.4 Å². The van der Waals surface area contributed by atoms with Crippen LogP contribution in [0, 0.1) is 5.92 Å². The smallest absolute Gasteiger partial charge is 0.229 e. The Kier molecular flexibility index (Phi) is 5.30. The number of nitrogens with one attached hydrogen (secondary N) is 1. The van der Waals surface area contributed by atoms with Crippen molar-refractivity contribution >= 4 is 52.2 Å². The summed E-state index contributed by atoms with van der Waals surface area (Å²) in [5, 5.41) is 3.51. The number of rotatable bonds is 4. The van der Waals surface area contributed by atoms with Gasteiger partial charge in [0.15, 0.2) is 5.78 Å². The summed E-state index contributed by atoms with van der Waals surface area (Å²) in [5.74, 6) is -0.887. The van der Waals surface area contributed by atoms with Crippen LogP contribution in [0.4, 0.5) is 11.4 Å². The fourth-order valence-corrected chi connectivity index (χ4v) is 3.13. The van der Waals surface area contributed by atoms with Crippen molar-refractivity contribution < 1.29 is 14.4 Å². The molecule has 3 rings (SSSR count). The Morgan fingerprint density at radius 2 is 1.77 bits per heavy atom. The highest BCUT2D eigenvalue weighted by Crippen LogP contribution is 2.28. The number of carbonyl (C=O) groups is 3. The third kappa shape index (κ3) is 3.89. The van der Waals surface area contributed by atoms with Gasteiger partial charge in [-0.05, 0) is 49.4 Å². The number of carbonyl (C=O) groups excluding carboxylic acids is 3. The number of halogens is 2. The number of Topliss-reactive ketones (excluding diaryl/α,β-unsaturated/α-hetero) is 1. The van der Waals surface area contributed by atoms with E-state index in [1.165, 1.54) is 6.92 Å². The minimum atomic E-state index is -0.468. The van der Waals surface area contributed by atoms with E-state index in [4.69, 9.17) is 23.2 Å². The molecule has 1 fully saturated rings. The molecule has 0 saturated carbocycles. The molecule has 2 aromatic rings. The minimum Gasteiger partial charge on any atom is -0.326 e. The number of hydrogen-bond acceptors (Lipinski definition) is 3. The van der Waals surface area contributed by atoms with Gasteiger partial charge in [0.2, 0.25) is 11.8 Å². The van der Waals surface area contributed by atoms with Gasteiger partial charge in [-0.3, -0.25) is 14.4 Å². The molecule has 2 amide bonds. The van der Waals surface area contributed by atoms with Crippen molar-refractivity contribution in [1.82, 2.24) is 0 Å². The monoisotopic (exact) mass is 390 g/mol. The van der Waals surface area contributed by atoms with E-state index in [0.29, 0.717) is 27.0 Å². The van der Waals surface area contributed by atoms with Crippen molar-refractivity contribution in [1.29, 1.82) is 0 Å². The van der Waals surface area contributed by atoms with Gasteiger partial charge in [-0.2, -0.15) is 0 Å². The zero-order chi connectivity index (χ0) is 18.8. The van der Waals surface area contributed by atoms with Crippen LogP contribution in [0.25, 0.3) is 0 Å². The van der Waals surface area contributed by atoms with Gasteiger partial charge in [-0.15, -0.1) is 0 Å². The molecule has 5 nitrogen and oxygen atoms in total. The molecule has 7 heteroatoms. The number of ketones is 1. The standard InChI is InChI=1S/C19H16Cl2N2O3/c1-11(24)12-2-5-15(6-3-12)23-10-13(8-18(23)25)19(26)22-14-4-7-16(20)17(21)9-14/h2-7,9,13H,8,10H2,1H3,(H,22,26). The largest absolute Gasteiger partial charge is 0.326 e. The Hall–Kier alpha value is -2.37. The molecule has 0 spiro atoms. The van der Waals surface area contributed by atoms with E-state index in [0.717, 1.165) is 0 Å². The predicted octanol–water partition coefficient (Wildman–Crippen LogP) is 4.19. The third-order valence-corrected chi connectivity index (χ3v) is 5.01. The van der Waals surface area contributed by atoms with Crippen molar-refractivity contribution in [2.75, 3.05) is 16.8 Å². The molecule has 0 aliphatic carbocycles. The van der Waals surface area contributed by atoms with Gasteiger partial charge in [-0.1, -0.05) is 23.2 Å². The second-order valence-electron chi connectivity index (χ2n) is 6.13. The molecule has 1 atom stereocenters. The van der Waals surface area contributed by atoms with Crippen LogP contribution in [0.15, 0.2) is 42.5 Å². The van der Waals surface area contributed by atoms with E-state index in [1.807, 2.05) is 0 Å². The van der Waals surface area contributed by atoms with Crippen molar-refractivity contribution in [3.8, 4) is 0 Å². The first kappa shape index (κ1) is 18.4. The van der Waals surface area contributed by atoms with Gasteiger partial charge >= 0.3 is 0 Å². The number of benzene rings is 2. The average molecular weight is 391 g/mol. The van der Waals surface area contributed by atoms with E-state index in [-0.39, 0.29) is 30.6 Å². The van der Waals surface area contributed by atoms with Gasteiger partial charge < -0.3 is 10.2 Å². The molecule has 0 bridgehead atoms. The van der Waals surface area contributed by atoms with Crippen LogP contribution in [-0.4, -0.2) is 24.1 Å². The average Bonchev–Trinajstić information content (AvgIpc) is 3.00. The predicted molar refractivity (Wildman–Crippen MR) is 102 cm³/mol. The summed E-state index contributed by atoms with van der Waals surface area (Å²) in [6.45, 7) is 1.77. The normalized spacial score (nSPS) is 16.7. The van der Waals surface area contributed by atoms with Gasteiger partial charge in [-0.25, -0.2) is 0 Å². The zero-order valence-corrected chi connectivity index (χ0v) is 15.5. The summed E-state index contributed by atoms with van der Waals surface area (Å²) in [4.78, 5) is 37.7.